The van der Waals surface area contributed by atoms with Gasteiger partial charge in [0.2, 0.25) is 5.91 Å². The number of amides is 2. The number of fused-ring (bicyclic) bond motifs is 1. The third-order valence-corrected chi connectivity index (χ3v) is 5.04. The number of carbonyl (C=O) groups excluding carboxylic acids is 2. The predicted octanol–water partition coefficient (Wildman–Crippen LogP) is 1.14. The molecule has 2 aliphatic rings. The molecule has 7 nitrogen and oxygen atoms in total. The lowest BCUT2D eigenvalue weighted by Gasteiger charge is -2.41. The zero-order valence-electron chi connectivity index (χ0n) is 14.6. The Balaban J connectivity index is 1.36. The van der Waals surface area contributed by atoms with Crippen LogP contribution < -0.4 is 4.74 Å². The minimum absolute atomic E-state index is 0.120. The highest BCUT2D eigenvalue weighted by Gasteiger charge is 2.39. The summed E-state index contributed by atoms with van der Waals surface area (Å²) in [7, 11) is 1.66. The van der Waals surface area contributed by atoms with E-state index in [2.05, 4.69) is 9.97 Å². The normalized spacial score (nSPS) is 16.7. The van der Waals surface area contributed by atoms with Gasteiger partial charge in [-0.1, -0.05) is 6.07 Å². The van der Waals surface area contributed by atoms with Crippen LogP contribution in [-0.2, 0) is 17.8 Å². The lowest BCUT2D eigenvalue weighted by Crippen LogP contribution is -2.57. The minimum Gasteiger partial charge on any atom is -0.497 e. The summed E-state index contributed by atoms with van der Waals surface area (Å²) in [5.41, 5.74) is 2.72. The molecule has 26 heavy (non-hydrogen) atoms. The van der Waals surface area contributed by atoms with Crippen LogP contribution in [0, 0.1) is 5.92 Å². The lowest BCUT2D eigenvalue weighted by molar-refractivity contribution is -0.140. The van der Waals surface area contributed by atoms with Crippen molar-refractivity contribution in [1.82, 2.24) is 19.8 Å². The van der Waals surface area contributed by atoms with E-state index in [1.165, 1.54) is 24.2 Å². The van der Waals surface area contributed by atoms with Gasteiger partial charge in [-0.15, -0.1) is 0 Å². The Labute approximate surface area is 151 Å². The maximum absolute atomic E-state index is 12.8. The van der Waals surface area contributed by atoms with Gasteiger partial charge in [-0.05, 0) is 29.7 Å². The van der Waals surface area contributed by atoms with Crippen molar-refractivity contribution < 1.29 is 14.3 Å². The molecule has 0 spiro atoms. The molecule has 1 aromatic carbocycles. The highest BCUT2D eigenvalue weighted by molar-refractivity contribution is 5.94. The Morgan fingerprint density at radius 1 is 1.15 bits per heavy atom. The second kappa shape index (κ2) is 6.74. The first kappa shape index (κ1) is 16.5. The van der Waals surface area contributed by atoms with Gasteiger partial charge >= 0.3 is 0 Å². The van der Waals surface area contributed by atoms with Crippen molar-refractivity contribution in [3.63, 3.8) is 0 Å². The fourth-order valence-corrected chi connectivity index (χ4v) is 3.47. The quantitative estimate of drug-likeness (QED) is 0.828. The minimum atomic E-state index is -0.168. The van der Waals surface area contributed by atoms with Crippen molar-refractivity contribution in [2.75, 3.05) is 26.7 Å². The molecule has 0 saturated carbocycles. The summed E-state index contributed by atoms with van der Waals surface area (Å²) in [4.78, 5) is 36.5. The average molecular weight is 352 g/mol. The second-order valence-corrected chi connectivity index (χ2v) is 6.64. The number of likely N-dealkylation sites (tertiary alicyclic amines) is 1. The van der Waals surface area contributed by atoms with Crippen LogP contribution in [0.3, 0.4) is 0 Å². The van der Waals surface area contributed by atoms with Gasteiger partial charge in [0.05, 0.1) is 19.2 Å². The maximum Gasteiger partial charge on any atom is 0.274 e. The molecule has 7 heteroatoms. The summed E-state index contributed by atoms with van der Waals surface area (Å²) >= 11 is 0. The Bertz CT molecular complexity index is 834. The van der Waals surface area contributed by atoms with Crippen LogP contribution >= 0.6 is 0 Å². The molecule has 0 N–H and O–H groups in total. The number of hydrogen-bond acceptors (Lipinski definition) is 5. The number of nitrogens with zero attached hydrogens (tertiary/aromatic N) is 4. The van der Waals surface area contributed by atoms with E-state index in [1.807, 2.05) is 23.1 Å². The molecule has 0 atom stereocenters. The monoisotopic (exact) mass is 352 g/mol. The van der Waals surface area contributed by atoms with Crippen LogP contribution in [0.2, 0.25) is 0 Å². The number of carbonyl (C=O) groups is 2. The van der Waals surface area contributed by atoms with Gasteiger partial charge in [0.1, 0.15) is 11.4 Å². The average Bonchev–Trinajstić information content (AvgIpc) is 2.66. The molecule has 1 aromatic heterocycles. The number of methoxy groups -OCH3 is 1. The van der Waals surface area contributed by atoms with Gasteiger partial charge in [0.25, 0.3) is 5.91 Å². The van der Waals surface area contributed by atoms with Crippen LogP contribution in [0.15, 0.2) is 36.8 Å². The standard InChI is InChI=1S/C19H20N4O3/c1-26-16-3-2-14-10-22(7-4-13(14)8-16)18(24)15-11-23(12-15)19(25)17-9-20-5-6-21-17/h2-3,5-6,8-9,15H,4,7,10-12H2,1H3. The van der Waals surface area contributed by atoms with Crippen LogP contribution in [0.5, 0.6) is 5.75 Å². The van der Waals surface area contributed by atoms with Crippen molar-refractivity contribution in [2.45, 2.75) is 13.0 Å². The number of benzene rings is 1. The van der Waals surface area contributed by atoms with Crippen molar-refractivity contribution in [3.8, 4) is 5.75 Å². The highest BCUT2D eigenvalue weighted by atomic mass is 16.5. The summed E-state index contributed by atoms with van der Waals surface area (Å²) in [5.74, 6) is 0.670. The SMILES string of the molecule is COc1ccc2c(c1)CCN(C(=O)C1CN(C(=O)c3cnccn3)C1)C2. The molecular weight excluding hydrogens is 332 g/mol. The van der Waals surface area contributed by atoms with E-state index in [0.29, 0.717) is 31.9 Å². The Morgan fingerprint density at radius 3 is 2.73 bits per heavy atom. The number of rotatable bonds is 3. The third kappa shape index (κ3) is 3.00. The van der Waals surface area contributed by atoms with E-state index in [0.717, 1.165) is 17.7 Å². The van der Waals surface area contributed by atoms with Gasteiger partial charge in [-0.2, -0.15) is 0 Å². The molecule has 0 bridgehead atoms. The highest BCUT2D eigenvalue weighted by Crippen LogP contribution is 2.27. The summed E-state index contributed by atoms with van der Waals surface area (Å²) < 4.78 is 5.26. The van der Waals surface area contributed by atoms with E-state index in [4.69, 9.17) is 4.74 Å². The summed E-state index contributed by atoms with van der Waals surface area (Å²) in [6, 6.07) is 6.00. The molecule has 0 aliphatic carbocycles. The van der Waals surface area contributed by atoms with E-state index < -0.39 is 0 Å². The molecule has 2 aromatic rings. The zero-order valence-corrected chi connectivity index (χ0v) is 14.6. The first-order valence-corrected chi connectivity index (χ1v) is 8.65. The topological polar surface area (TPSA) is 75.6 Å². The molecule has 0 unspecified atom stereocenters. The molecule has 134 valence electrons. The number of ether oxygens (including phenoxy) is 1. The molecule has 2 amide bonds. The van der Waals surface area contributed by atoms with Crippen molar-refractivity contribution in [2.24, 2.45) is 5.92 Å². The third-order valence-electron chi connectivity index (χ3n) is 5.04. The Morgan fingerprint density at radius 2 is 2.00 bits per heavy atom. The molecule has 1 saturated heterocycles. The van der Waals surface area contributed by atoms with Gasteiger partial charge in [-0.25, -0.2) is 4.98 Å². The Hall–Kier alpha value is -2.96. The largest absolute Gasteiger partial charge is 0.497 e. The fraction of sp³-hybridized carbons (Fsp3) is 0.368. The lowest BCUT2D eigenvalue weighted by atomic mass is 9.94. The molecule has 4 rings (SSSR count). The van der Waals surface area contributed by atoms with Crippen molar-refractivity contribution in [1.29, 1.82) is 0 Å². The van der Waals surface area contributed by atoms with Crippen LogP contribution in [0.1, 0.15) is 21.6 Å². The van der Waals surface area contributed by atoms with Gasteiger partial charge in [0.15, 0.2) is 0 Å². The Kier molecular flexibility index (Phi) is 4.28. The van der Waals surface area contributed by atoms with E-state index in [1.54, 1.807) is 12.0 Å². The first-order valence-electron chi connectivity index (χ1n) is 8.65. The molecule has 1 fully saturated rings. The van der Waals surface area contributed by atoms with Crippen LogP contribution in [0.4, 0.5) is 0 Å². The van der Waals surface area contributed by atoms with Crippen LogP contribution in [-0.4, -0.2) is 58.3 Å². The van der Waals surface area contributed by atoms with Gasteiger partial charge in [-0.3, -0.25) is 14.6 Å². The fourth-order valence-electron chi connectivity index (χ4n) is 3.47. The first-order chi connectivity index (χ1) is 12.7. The molecule has 2 aliphatic heterocycles. The molecule has 0 radical (unpaired) electrons. The summed E-state index contributed by atoms with van der Waals surface area (Å²) in [6.45, 7) is 2.21. The van der Waals surface area contributed by atoms with Crippen molar-refractivity contribution in [3.05, 3.63) is 53.6 Å². The van der Waals surface area contributed by atoms with E-state index in [9.17, 15) is 9.59 Å². The number of hydrogen-bond donors (Lipinski definition) is 0. The maximum atomic E-state index is 12.8. The smallest absolute Gasteiger partial charge is 0.274 e. The summed E-state index contributed by atoms with van der Waals surface area (Å²) in [6.07, 6.45) is 5.30. The molecular formula is C19H20N4O3. The second-order valence-electron chi connectivity index (χ2n) is 6.64. The predicted molar refractivity (Wildman–Crippen MR) is 93.5 cm³/mol. The van der Waals surface area contributed by atoms with E-state index in [-0.39, 0.29) is 17.7 Å². The van der Waals surface area contributed by atoms with Crippen molar-refractivity contribution >= 4 is 11.8 Å². The van der Waals surface area contributed by atoms with Gasteiger partial charge < -0.3 is 14.5 Å². The molecule has 3 heterocycles. The van der Waals surface area contributed by atoms with E-state index >= 15 is 0 Å². The van der Waals surface area contributed by atoms with Gasteiger partial charge in [0, 0.05) is 38.6 Å². The van der Waals surface area contributed by atoms with Crippen LogP contribution in [0.25, 0.3) is 0 Å². The number of aromatic nitrogens is 2. The summed E-state index contributed by atoms with van der Waals surface area (Å²) in [5, 5.41) is 0. The zero-order chi connectivity index (χ0) is 18.1.